The van der Waals surface area contributed by atoms with Gasteiger partial charge in [-0.05, 0) is 118 Å². The Hall–Kier alpha value is -4.68. The van der Waals surface area contributed by atoms with Gasteiger partial charge in [-0.2, -0.15) is 0 Å². The number of benzene rings is 1. The molecule has 0 saturated heterocycles. The van der Waals surface area contributed by atoms with Gasteiger partial charge in [-0.3, -0.25) is 0 Å². The van der Waals surface area contributed by atoms with Crippen LogP contribution in [-0.4, -0.2) is 0 Å². The molecule has 8 aliphatic carbocycles. The van der Waals surface area contributed by atoms with E-state index in [0.29, 0.717) is 23.7 Å². The fraction of sp³-hybridized carbons (Fsp3) is 0.250. The number of hydrogen-bond acceptors (Lipinski definition) is 0. The Labute approximate surface area is 286 Å². The maximum Gasteiger partial charge on any atom is 0.0134 e. The van der Waals surface area contributed by atoms with E-state index in [0.717, 1.165) is 38.5 Å². The number of allylic oxidation sites excluding steroid dienone is 28. The lowest BCUT2D eigenvalue weighted by Gasteiger charge is -2.40. The number of hydrogen-bond donors (Lipinski definition) is 0. The van der Waals surface area contributed by atoms with Crippen molar-refractivity contribution in [3.8, 4) is 0 Å². The lowest BCUT2D eigenvalue weighted by Crippen LogP contribution is -2.42. The van der Waals surface area contributed by atoms with Crippen LogP contribution in [0, 0.1) is 23.7 Å². The van der Waals surface area contributed by atoms with Gasteiger partial charge >= 0.3 is 0 Å². The zero-order valence-corrected chi connectivity index (χ0v) is 27.8. The minimum atomic E-state index is 0.343. The Morgan fingerprint density at radius 2 is 1.12 bits per heavy atom. The summed E-state index contributed by atoms with van der Waals surface area (Å²) >= 11 is 0. The summed E-state index contributed by atoms with van der Waals surface area (Å²) < 4.78 is 0. The summed E-state index contributed by atoms with van der Waals surface area (Å²) in [6.45, 7) is 0. The summed E-state index contributed by atoms with van der Waals surface area (Å²) in [6, 6.07) is 9.31. The van der Waals surface area contributed by atoms with Crippen LogP contribution < -0.4 is 10.4 Å². The quantitative estimate of drug-likeness (QED) is 0.307. The third-order valence-electron chi connectivity index (χ3n) is 11.7. The van der Waals surface area contributed by atoms with Crippen LogP contribution in [0.3, 0.4) is 0 Å². The van der Waals surface area contributed by atoms with E-state index in [-0.39, 0.29) is 0 Å². The highest BCUT2D eigenvalue weighted by atomic mass is 14.4. The van der Waals surface area contributed by atoms with E-state index in [1.807, 2.05) is 0 Å². The van der Waals surface area contributed by atoms with E-state index in [2.05, 4.69) is 146 Å². The minimum Gasteiger partial charge on any atom is -0.0842 e. The molecule has 48 heavy (non-hydrogen) atoms. The molecule has 1 aromatic rings. The van der Waals surface area contributed by atoms with E-state index < -0.39 is 0 Å². The van der Waals surface area contributed by atoms with Gasteiger partial charge in [0.25, 0.3) is 0 Å². The topological polar surface area (TPSA) is 0 Å². The molecule has 0 spiro atoms. The predicted molar refractivity (Wildman–Crippen MR) is 203 cm³/mol. The van der Waals surface area contributed by atoms with Crippen molar-refractivity contribution in [2.24, 2.45) is 23.7 Å². The van der Waals surface area contributed by atoms with Gasteiger partial charge in [0, 0.05) is 23.7 Å². The number of rotatable bonds is 5. The second kappa shape index (κ2) is 12.7. The third kappa shape index (κ3) is 5.32. The highest BCUT2D eigenvalue weighted by Gasteiger charge is 2.39. The molecule has 0 fully saturated rings. The summed E-state index contributed by atoms with van der Waals surface area (Å²) in [5.74, 6) is 1.51. The van der Waals surface area contributed by atoms with Crippen molar-refractivity contribution in [2.75, 3.05) is 0 Å². The lowest BCUT2D eigenvalue weighted by atomic mass is 9.63. The van der Waals surface area contributed by atoms with Crippen LogP contribution in [0.1, 0.15) is 51.4 Å². The van der Waals surface area contributed by atoms with E-state index >= 15 is 0 Å². The fourth-order valence-corrected chi connectivity index (χ4v) is 9.29. The molecule has 0 amide bonds. The molecule has 1 aromatic carbocycles. The molecular weight excluding hydrogens is 577 g/mol. The largest absolute Gasteiger partial charge is 0.0842 e. The van der Waals surface area contributed by atoms with E-state index in [1.165, 1.54) is 67.9 Å². The van der Waals surface area contributed by atoms with Crippen molar-refractivity contribution in [1.29, 1.82) is 0 Å². The van der Waals surface area contributed by atoms with Crippen LogP contribution in [0.15, 0.2) is 190 Å². The van der Waals surface area contributed by atoms with Crippen molar-refractivity contribution in [3.05, 3.63) is 201 Å². The molecule has 0 aromatic heterocycles. The molecule has 0 radical (unpaired) electrons. The molecule has 0 heteroatoms. The van der Waals surface area contributed by atoms with Gasteiger partial charge in [0.05, 0.1) is 0 Å². The second-order valence-corrected chi connectivity index (χ2v) is 14.4. The van der Waals surface area contributed by atoms with E-state index in [4.69, 9.17) is 0 Å². The lowest BCUT2D eigenvalue weighted by molar-refractivity contribution is 0.583. The Kier molecular flexibility index (Phi) is 7.82. The molecule has 4 unspecified atom stereocenters. The number of fused-ring (bicyclic) bond motifs is 4. The molecule has 0 saturated carbocycles. The van der Waals surface area contributed by atoms with Crippen molar-refractivity contribution in [3.63, 3.8) is 0 Å². The predicted octanol–water partition coefficient (Wildman–Crippen LogP) is 10.4. The molecule has 8 aliphatic rings. The zero-order chi connectivity index (χ0) is 31.9. The summed E-state index contributed by atoms with van der Waals surface area (Å²) in [5.41, 5.74) is 15.1. The monoisotopic (exact) mass is 620 g/mol. The molecule has 0 heterocycles. The van der Waals surface area contributed by atoms with Crippen molar-refractivity contribution in [2.45, 2.75) is 51.4 Å². The van der Waals surface area contributed by atoms with Crippen LogP contribution in [0.5, 0.6) is 0 Å². The average molecular weight is 621 g/mol. The fourth-order valence-electron chi connectivity index (χ4n) is 9.29. The first-order chi connectivity index (χ1) is 23.8. The Bertz CT molecular complexity index is 2120. The first kappa shape index (κ1) is 29.5. The standard InChI is InChI=1S/C48H44/c1-2-12-35(13-3-1)36-28-24-33(25-29-36)22-23-34-26-30-37(31-27-34)47-42-18-8-10-20-44(42)48(45-21-11-9-19-43(45)47)46-32-38-14-4-5-15-39(38)40-16-6-7-17-41(40)46/h1-2,5-12,15-24,26,28,30,32,40-42,44H,3-4,13-14,25,27,29,31H2. The molecule has 0 aliphatic heterocycles. The van der Waals surface area contributed by atoms with Crippen LogP contribution >= 0.6 is 0 Å². The van der Waals surface area contributed by atoms with E-state index in [1.54, 1.807) is 11.1 Å². The zero-order valence-electron chi connectivity index (χ0n) is 27.8. The SMILES string of the molecule is C1=CCCC(C2=CC=C(C=CC3=CC=C(C4=c5ccccc5=C(C5=CC6=C(C=CCC6)C6C=CC=CC56)C5C=CC=CC45)CC3)CC2)=C1. The highest BCUT2D eigenvalue weighted by molar-refractivity contribution is 5.82. The molecule has 9 rings (SSSR count). The van der Waals surface area contributed by atoms with Gasteiger partial charge in [-0.15, -0.1) is 0 Å². The third-order valence-corrected chi connectivity index (χ3v) is 11.7. The van der Waals surface area contributed by atoms with E-state index in [9.17, 15) is 0 Å². The van der Waals surface area contributed by atoms with Gasteiger partial charge in [0.2, 0.25) is 0 Å². The van der Waals surface area contributed by atoms with Crippen LogP contribution in [0.2, 0.25) is 0 Å². The Morgan fingerprint density at radius 1 is 0.500 bits per heavy atom. The molecule has 0 bridgehead atoms. The summed E-state index contributed by atoms with van der Waals surface area (Å²) in [7, 11) is 0. The van der Waals surface area contributed by atoms with Crippen molar-refractivity contribution < 1.29 is 0 Å². The van der Waals surface area contributed by atoms with Crippen molar-refractivity contribution >= 4 is 11.1 Å². The second-order valence-electron chi connectivity index (χ2n) is 14.4. The molecule has 0 N–H and O–H groups in total. The van der Waals surface area contributed by atoms with Gasteiger partial charge in [0.15, 0.2) is 0 Å². The van der Waals surface area contributed by atoms with Crippen LogP contribution in [-0.2, 0) is 0 Å². The first-order valence-corrected chi connectivity index (χ1v) is 18.3. The molecule has 4 atom stereocenters. The van der Waals surface area contributed by atoms with Gasteiger partial charge in [-0.25, -0.2) is 0 Å². The maximum atomic E-state index is 2.59. The summed E-state index contributed by atoms with van der Waals surface area (Å²) in [4.78, 5) is 0. The molecule has 0 nitrogen and oxygen atoms in total. The average Bonchev–Trinajstić information content (AvgIpc) is 3.17. The first-order valence-electron chi connectivity index (χ1n) is 18.3. The van der Waals surface area contributed by atoms with Gasteiger partial charge in [-0.1, -0.05) is 146 Å². The maximum absolute atomic E-state index is 2.59. The van der Waals surface area contributed by atoms with Gasteiger partial charge in [0.1, 0.15) is 0 Å². The molecular formula is C48H44. The smallest absolute Gasteiger partial charge is 0.0134 e. The minimum absolute atomic E-state index is 0.343. The Balaban J connectivity index is 1.09. The van der Waals surface area contributed by atoms with Crippen LogP contribution in [0.25, 0.3) is 11.1 Å². The van der Waals surface area contributed by atoms with Crippen molar-refractivity contribution in [1.82, 2.24) is 0 Å². The summed E-state index contributed by atoms with van der Waals surface area (Å²) in [6.07, 6.45) is 56.5. The van der Waals surface area contributed by atoms with Crippen LogP contribution in [0.4, 0.5) is 0 Å². The normalized spacial score (nSPS) is 28.6. The highest BCUT2D eigenvalue weighted by Crippen LogP contribution is 2.49. The van der Waals surface area contributed by atoms with Gasteiger partial charge < -0.3 is 0 Å². The Morgan fingerprint density at radius 3 is 1.81 bits per heavy atom. The summed E-state index contributed by atoms with van der Waals surface area (Å²) in [5, 5.41) is 2.87. The molecule has 236 valence electrons.